The fraction of sp³-hybridized carbons (Fsp3) is 0.571. The molecule has 2 atom stereocenters. The molecule has 0 aliphatic heterocycles. The van der Waals surface area contributed by atoms with Gasteiger partial charge in [0.25, 0.3) is 0 Å². The fourth-order valence-electron chi connectivity index (χ4n) is 2.58. The average Bonchev–Trinajstić information content (AvgIpc) is 2.47. The van der Waals surface area contributed by atoms with Crippen LogP contribution in [-0.2, 0) is 0 Å². The molecule has 0 spiro atoms. The van der Waals surface area contributed by atoms with Gasteiger partial charge in [-0.05, 0) is 31.2 Å². The van der Waals surface area contributed by atoms with Crippen LogP contribution in [-0.4, -0.2) is 22.1 Å². The van der Waals surface area contributed by atoms with E-state index < -0.39 is 0 Å². The molecule has 1 aliphatic rings. The van der Waals surface area contributed by atoms with Crippen LogP contribution in [0.4, 0.5) is 0 Å². The van der Waals surface area contributed by atoms with Gasteiger partial charge in [0.05, 0.1) is 0 Å². The molecule has 5 nitrogen and oxygen atoms in total. The number of aromatic nitrogens is 1. The lowest BCUT2D eigenvalue weighted by Gasteiger charge is -2.28. The van der Waals surface area contributed by atoms with Gasteiger partial charge in [-0.2, -0.15) is 0 Å². The predicted octanol–water partition coefficient (Wildman–Crippen LogP) is 2.52. The summed E-state index contributed by atoms with van der Waals surface area (Å²) in [6.45, 7) is 2.23. The Hall–Kier alpha value is -1.78. The highest BCUT2D eigenvalue weighted by molar-refractivity contribution is 5.97. The van der Waals surface area contributed by atoms with E-state index in [4.69, 9.17) is 15.7 Å². The summed E-state index contributed by atoms with van der Waals surface area (Å²) in [6, 6.07) is 3.41. The van der Waals surface area contributed by atoms with Crippen molar-refractivity contribution in [3.63, 3.8) is 0 Å². The van der Waals surface area contributed by atoms with E-state index in [0.29, 0.717) is 11.4 Å². The Balaban J connectivity index is 2.02. The molecule has 0 amide bonds. The van der Waals surface area contributed by atoms with Crippen molar-refractivity contribution >= 4 is 5.84 Å². The minimum Gasteiger partial charge on any atom is -0.474 e. The van der Waals surface area contributed by atoms with Gasteiger partial charge in [-0.15, -0.1) is 0 Å². The molecule has 1 aromatic rings. The molecule has 1 heterocycles. The largest absolute Gasteiger partial charge is 0.474 e. The molecule has 0 saturated heterocycles. The summed E-state index contributed by atoms with van der Waals surface area (Å²) in [4.78, 5) is 4.19. The highest BCUT2D eigenvalue weighted by Gasteiger charge is 2.22. The number of hydrogen-bond donors (Lipinski definition) is 2. The molecule has 2 rings (SSSR count). The molecule has 0 radical (unpaired) electrons. The molecule has 3 N–H and O–H groups in total. The standard InChI is InChI=1S/C14H21N3O2/c1-2-10-4-3-5-12(8-10)19-13-9-11(6-7-16-13)14(15)17-18/h6-7,9-10,12,18H,2-5,8H2,1H3,(H2,15,17). The molecular formula is C14H21N3O2. The SMILES string of the molecule is CCC1CCCC(Oc2cc(C(N)=NO)ccn2)C1. The van der Waals surface area contributed by atoms with Gasteiger partial charge in [0.15, 0.2) is 5.84 Å². The van der Waals surface area contributed by atoms with Gasteiger partial charge in [0.1, 0.15) is 6.10 Å². The van der Waals surface area contributed by atoms with Crippen molar-refractivity contribution in [1.29, 1.82) is 0 Å². The zero-order valence-electron chi connectivity index (χ0n) is 11.2. The maximum Gasteiger partial charge on any atom is 0.214 e. The second kappa shape index (κ2) is 6.41. The molecule has 19 heavy (non-hydrogen) atoms. The molecule has 0 aromatic carbocycles. The number of amidine groups is 1. The van der Waals surface area contributed by atoms with E-state index in [-0.39, 0.29) is 11.9 Å². The van der Waals surface area contributed by atoms with Crippen LogP contribution in [0.5, 0.6) is 5.88 Å². The molecular weight excluding hydrogens is 242 g/mol. The monoisotopic (exact) mass is 263 g/mol. The van der Waals surface area contributed by atoms with Crippen molar-refractivity contribution < 1.29 is 9.94 Å². The van der Waals surface area contributed by atoms with Crippen LogP contribution in [0.3, 0.4) is 0 Å². The van der Waals surface area contributed by atoms with E-state index in [9.17, 15) is 0 Å². The Morgan fingerprint density at radius 1 is 1.58 bits per heavy atom. The van der Waals surface area contributed by atoms with Crippen molar-refractivity contribution in [2.75, 3.05) is 0 Å². The summed E-state index contributed by atoms with van der Waals surface area (Å²) in [5, 5.41) is 11.7. The second-order valence-corrected chi connectivity index (χ2v) is 5.05. The van der Waals surface area contributed by atoms with Gasteiger partial charge >= 0.3 is 0 Å². The Morgan fingerprint density at radius 3 is 3.16 bits per heavy atom. The van der Waals surface area contributed by atoms with Crippen molar-refractivity contribution in [3.8, 4) is 5.88 Å². The van der Waals surface area contributed by atoms with Gasteiger partial charge in [0, 0.05) is 17.8 Å². The van der Waals surface area contributed by atoms with E-state index >= 15 is 0 Å². The number of ether oxygens (including phenoxy) is 1. The minimum absolute atomic E-state index is 0.0716. The zero-order chi connectivity index (χ0) is 13.7. The van der Waals surface area contributed by atoms with E-state index in [1.54, 1.807) is 18.3 Å². The van der Waals surface area contributed by atoms with Crippen molar-refractivity contribution in [2.24, 2.45) is 16.8 Å². The fourth-order valence-corrected chi connectivity index (χ4v) is 2.58. The first kappa shape index (κ1) is 13.6. The molecule has 1 saturated carbocycles. The zero-order valence-corrected chi connectivity index (χ0v) is 11.2. The van der Waals surface area contributed by atoms with Gasteiger partial charge in [0.2, 0.25) is 5.88 Å². The van der Waals surface area contributed by atoms with Crippen LogP contribution in [0.15, 0.2) is 23.5 Å². The molecule has 104 valence electrons. The summed E-state index contributed by atoms with van der Waals surface area (Å²) in [5.41, 5.74) is 6.18. The Labute approximate surface area is 113 Å². The number of rotatable bonds is 4. The summed E-state index contributed by atoms with van der Waals surface area (Å²) in [6.07, 6.45) is 7.73. The van der Waals surface area contributed by atoms with Crippen LogP contribution >= 0.6 is 0 Å². The van der Waals surface area contributed by atoms with Gasteiger partial charge in [-0.3, -0.25) is 0 Å². The maximum atomic E-state index is 8.67. The van der Waals surface area contributed by atoms with Gasteiger partial charge in [-0.1, -0.05) is 24.9 Å². The van der Waals surface area contributed by atoms with Crippen LogP contribution in [0, 0.1) is 5.92 Å². The second-order valence-electron chi connectivity index (χ2n) is 5.05. The molecule has 2 unspecified atom stereocenters. The third-order valence-corrected chi connectivity index (χ3v) is 3.74. The van der Waals surface area contributed by atoms with Crippen molar-refractivity contribution in [3.05, 3.63) is 23.9 Å². The first-order valence-electron chi connectivity index (χ1n) is 6.83. The van der Waals surface area contributed by atoms with Gasteiger partial charge in [-0.25, -0.2) is 4.98 Å². The third-order valence-electron chi connectivity index (χ3n) is 3.74. The Kier molecular flexibility index (Phi) is 4.60. The van der Waals surface area contributed by atoms with Crippen molar-refractivity contribution in [2.45, 2.75) is 45.1 Å². The predicted molar refractivity (Wildman–Crippen MR) is 73.4 cm³/mol. The number of nitrogens with two attached hydrogens (primary N) is 1. The highest BCUT2D eigenvalue weighted by atomic mass is 16.5. The highest BCUT2D eigenvalue weighted by Crippen LogP contribution is 2.29. The lowest BCUT2D eigenvalue weighted by atomic mass is 9.85. The quantitative estimate of drug-likeness (QED) is 0.378. The number of oxime groups is 1. The average molecular weight is 263 g/mol. The normalized spacial score (nSPS) is 24.2. The van der Waals surface area contributed by atoms with Crippen LogP contribution in [0.2, 0.25) is 0 Å². The summed E-state index contributed by atoms with van der Waals surface area (Å²) < 4.78 is 5.92. The lowest BCUT2D eigenvalue weighted by Crippen LogP contribution is -2.25. The molecule has 1 fully saturated rings. The smallest absolute Gasteiger partial charge is 0.214 e. The van der Waals surface area contributed by atoms with Crippen LogP contribution in [0.25, 0.3) is 0 Å². The summed E-state index contributed by atoms with van der Waals surface area (Å²) in [7, 11) is 0. The van der Waals surface area contributed by atoms with E-state index in [2.05, 4.69) is 17.1 Å². The number of hydrogen-bond acceptors (Lipinski definition) is 4. The molecule has 1 aliphatic carbocycles. The summed E-state index contributed by atoms with van der Waals surface area (Å²) in [5.74, 6) is 1.37. The lowest BCUT2D eigenvalue weighted by molar-refractivity contribution is 0.117. The number of pyridine rings is 1. The van der Waals surface area contributed by atoms with Gasteiger partial charge < -0.3 is 15.7 Å². The molecule has 1 aromatic heterocycles. The van der Waals surface area contributed by atoms with E-state index in [1.165, 1.54) is 19.3 Å². The van der Waals surface area contributed by atoms with E-state index in [1.807, 2.05) is 0 Å². The minimum atomic E-state index is 0.0716. The third kappa shape index (κ3) is 3.59. The molecule has 5 heteroatoms. The van der Waals surface area contributed by atoms with Crippen LogP contribution < -0.4 is 10.5 Å². The Bertz CT molecular complexity index is 448. The van der Waals surface area contributed by atoms with E-state index in [0.717, 1.165) is 18.8 Å². The summed E-state index contributed by atoms with van der Waals surface area (Å²) >= 11 is 0. The first-order chi connectivity index (χ1) is 9.22. The Morgan fingerprint density at radius 2 is 2.42 bits per heavy atom. The topological polar surface area (TPSA) is 80.7 Å². The number of nitrogens with zero attached hydrogens (tertiary/aromatic N) is 2. The molecule has 0 bridgehead atoms. The maximum absolute atomic E-state index is 8.67. The van der Waals surface area contributed by atoms with Crippen LogP contribution in [0.1, 0.15) is 44.6 Å². The van der Waals surface area contributed by atoms with Crippen molar-refractivity contribution in [1.82, 2.24) is 4.98 Å². The first-order valence-corrected chi connectivity index (χ1v) is 6.83.